The summed E-state index contributed by atoms with van der Waals surface area (Å²) in [4.78, 5) is 17.3. The van der Waals surface area contributed by atoms with E-state index < -0.39 is 0 Å². The molecule has 144 valence electrons. The number of halogens is 1. The summed E-state index contributed by atoms with van der Waals surface area (Å²) in [5.41, 5.74) is 3.99. The first-order valence-corrected chi connectivity index (χ1v) is 9.47. The average Bonchev–Trinajstić information content (AvgIpc) is 2.66. The van der Waals surface area contributed by atoms with E-state index in [2.05, 4.69) is 22.2 Å². The number of hydrogen-bond acceptors (Lipinski definition) is 3. The fraction of sp³-hybridized carbons (Fsp3) is 0.409. The van der Waals surface area contributed by atoms with Gasteiger partial charge >= 0.3 is 0 Å². The van der Waals surface area contributed by atoms with Crippen molar-refractivity contribution in [2.75, 3.05) is 39.8 Å². The molecule has 1 saturated heterocycles. The molecule has 4 nitrogen and oxygen atoms in total. The molecule has 0 radical (unpaired) electrons. The van der Waals surface area contributed by atoms with Gasteiger partial charge in [0.05, 0.1) is 6.04 Å². The van der Waals surface area contributed by atoms with Crippen LogP contribution in [0.2, 0.25) is 0 Å². The van der Waals surface area contributed by atoms with Crippen LogP contribution in [0.3, 0.4) is 0 Å². The molecule has 1 aliphatic rings. The number of amides is 1. The third-order valence-corrected chi connectivity index (χ3v) is 5.46. The Morgan fingerprint density at radius 1 is 1.04 bits per heavy atom. The van der Waals surface area contributed by atoms with Crippen molar-refractivity contribution in [3.8, 4) is 0 Å². The highest BCUT2D eigenvalue weighted by atomic mass is 19.1. The van der Waals surface area contributed by atoms with Gasteiger partial charge in [-0.25, -0.2) is 4.39 Å². The molecule has 0 spiro atoms. The smallest absolute Gasteiger partial charge is 0.251 e. The summed E-state index contributed by atoms with van der Waals surface area (Å²) in [7, 11) is 2.12. The highest BCUT2D eigenvalue weighted by molar-refractivity contribution is 5.94. The van der Waals surface area contributed by atoms with Crippen molar-refractivity contribution in [3.63, 3.8) is 0 Å². The number of likely N-dealkylation sites (N-methyl/N-ethyl adjacent to an activating group) is 1. The molecule has 0 aromatic heterocycles. The zero-order valence-corrected chi connectivity index (χ0v) is 16.3. The number of aryl methyl sites for hydroxylation is 2. The number of nitrogens with zero attached hydrogens (tertiary/aromatic N) is 2. The summed E-state index contributed by atoms with van der Waals surface area (Å²) >= 11 is 0. The van der Waals surface area contributed by atoms with Gasteiger partial charge < -0.3 is 10.2 Å². The normalized spacial score (nSPS) is 16.9. The lowest BCUT2D eigenvalue weighted by Gasteiger charge is -2.38. The van der Waals surface area contributed by atoms with E-state index in [0.717, 1.165) is 37.3 Å². The molecule has 0 bridgehead atoms. The molecular weight excluding hydrogens is 341 g/mol. The first kappa shape index (κ1) is 19.5. The molecule has 0 saturated carbocycles. The van der Waals surface area contributed by atoms with Crippen molar-refractivity contribution in [3.05, 3.63) is 70.5 Å². The van der Waals surface area contributed by atoms with Gasteiger partial charge in [-0.2, -0.15) is 0 Å². The summed E-state index contributed by atoms with van der Waals surface area (Å²) in [5.74, 6) is -0.311. The van der Waals surface area contributed by atoms with Gasteiger partial charge in [-0.05, 0) is 61.9 Å². The Morgan fingerprint density at radius 2 is 1.70 bits per heavy atom. The predicted octanol–water partition coefficient (Wildman–Crippen LogP) is 3.16. The molecule has 2 aromatic carbocycles. The Hall–Kier alpha value is -2.24. The van der Waals surface area contributed by atoms with E-state index in [-0.39, 0.29) is 17.8 Å². The van der Waals surface area contributed by atoms with Crippen LogP contribution in [0.1, 0.15) is 33.1 Å². The van der Waals surface area contributed by atoms with E-state index in [1.54, 1.807) is 0 Å². The Balaban J connectivity index is 1.73. The number of nitrogens with one attached hydrogen (secondary N) is 1. The topological polar surface area (TPSA) is 35.6 Å². The maximum Gasteiger partial charge on any atom is 0.251 e. The predicted molar refractivity (Wildman–Crippen MR) is 106 cm³/mol. The summed E-state index contributed by atoms with van der Waals surface area (Å²) in [5, 5.41) is 3.08. The lowest BCUT2D eigenvalue weighted by atomic mass is 10.0. The van der Waals surface area contributed by atoms with Gasteiger partial charge in [0.1, 0.15) is 5.82 Å². The van der Waals surface area contributed by atoms with Crippen molar-refractivity contribution < 1.29 is 9.18 Å². The maximum atomic E-state index is 13.4. The molecule has 3 rings (SSSR count). The minimum atomic E-state index is -0.241. The van der Waals surface area contributed by atoms with Gasteiger partial charge in [-0.15, -0.1) is 0 Å². The fourth-order valence-electron chi connectivity index (χ4n) is 3.45. The molecular formula is C22H28FN3O. The molecule has 0 aliphatic carbocycles. The van der Waals surface area contributed by atoms with Crippen LogP contribution >= 0.6 is 0 Å². The van der Waals surface area contributed by atoms with Crippen LogP contribution in [-0.2, 0) is 0 Å². The van der Waals surface area contributed by atoms with Crippen LogP contribution in [0, 0.1) is 19.7 Å². The molecule has 5 heteroatoms. The van der Waals surface area contributed by atoms with E-state index in [1.807, 2.05) is 44.2 Å². The molecule has 1 fully saturated rings. The summed E-state index contributed by atoms with van der Waals surface area (Å²) < 4.78 is 13.4. The molecule has 1 unspecified atom stereocenters. The minimum absolute atomic E-state index is 0.0368. The number of benzene rings is 2. The van der Waals surface area contributed by atoms with Crippen molar-refractivity contribution in [2.45, 2.75) is 19.9 Å². The van der Waals surface area contributed by atoms with Crippen LogP contribution in [0.15, 0.2) is 42.5 Å². The number of carbonyl (C=O) groups is 1. The maximum absolute atomic E-state index is 13.4. The van der Waals surface area contributed by atoms with Gasteiger partial charge in [0.15, 0.2) is 0 Å². The number of rotatable bonds is 5. The fourth-order valence-corrected chi connectivity index (χ4v) is 3.45. The molecule has 1 amide bonds. The van der Waals surface area contributed by atoms with E-state index in [9.17, 15) is 9.18 Å². The van der Waals surface area contributed by atoms with Crippen molar-refractivity contribution >= 4 is 5.91 Å². The van der Waals surface area contributed by atoms with E-state index in [4.69, 9.17) is 0 Å². The zero-order chi connectivity index (χ0) is 19.4. The van der Waals surface area contributed by atoms with Crippen LogP contribution in [0.5, 0.6) is 0 Å². The van der Waals surface area contributed by atoms with Gasteiger partial charge in [0, 0.05) is 38.3 Å². The summed E-state index contributed by atoms with van der Waals surface area (Å²) in [6.45, 7) is 8.38. The Kier molecular flexibility index (Phi) is 6.24. The van der Waals surface area contributed by atoms with Crippen molar-refractivity contribution in [1.82, 2.24) is 15.1 Å². The van der Waals surface area contributed by atoms with Gasteiger partial charge in [0.2, 0.25) is 0 Å². The first-order valence-electron chi connectivity index (χ1n) is 9.47. The van der Waals surface area contributed by atoms with Crippen molar-refractivity contribution in [1.29, 1.82) is 0 Å². The number of hydrogen-bond donors (Lipinski definition) is 1. The Labute approximate surface area is 161 Å². The minimum Gasteiger partial charge on any atom is -0.350 e. The standard InChI is InChI=1S/C22H28FN3O/c1-16-4-5-19(14-17(16)2)22(27)24-15-21(18-6-8-20(23)9-7-18)26-12-10-25(3)11-13-26/h4-9,14,21H,10-13,15H2,1-3H3,(H,24,27). The second-order valence-corrected chi connectivity index (χ2v) is 7.42. The number of piperazine rings is 1. The van der Waals surface area contributed by atoms with Gasteiger partial charge in [0.25, 0.3) is 5.91 Å². The van der Waals surface area contributed by atoms with Crippen LogP contribution in [0.4, 0.5) is 4.39 Å². The number of carbonyl (C=O) groups excluding carboxylic acids is 1. The molecule has 27 heavy (non-hydrogen) atoms. The van der Waals surface area contributed by atoms with Crippen LogP contribution in [0.25, 0.3) is 0 Å². The summed E-state index contributed by atoms with van der Waals surface area (Å²) in [6.07, 6.45) is 0. The second-order valence-electron chi connectivity index (χ2n) is 7.42. The average molecular weight is 369 g/mol. The Morgan fingerprint density at radius 3 is 2.33 bits per heavy atom. The largest absolute Gasteiger partial charge is 0.350 e. The molecule has 1 N–H and O–H groups in total. The third-order valence-electron chi connectivity index (χ3n) is 5.46. The van der Waals surface area contributed by atoms with E-state index in [0.29, 0.717) is 12.1 Å². The third kappa shape index (κ3) is 4.93. The van der Waals surface area contributed by atoms with Crippen LogP contribution in [-0.4, -0.2) is 55.5 Å². The first-order chi connectivity index (χ1) is 12.9. The monoisotopic (exact) mass is 369 g/mol. The lowest BCUT2D eigenvalue weighted by Crippen LogP contribution is -2.48. The van der Waals surface area contributed by atoms with E-state index in [1.165, 1.54) is 17.7 Å². The highest BCUT2D eigenvalue weighted by Crippen LogP contribution is 2.22. The zero-order valence-electron chi connectivity index (χ0n) is 16.3. The van der Waals surface area contributed by atoms with Crippen LogP contribution < -0.4 is 5.32 Å². The quantitative estimate of drug-likeness (QED) is 0.879. The summed E-state index contributed by atoms with van der Waals surface area (Å²) in [6, 6.07) is 12.4. The molecule has 1 atom stereocenters. The van der Waals surface area contributed by atoms with Gasteiger partial charge in [-0.1, -0.05) is 18.2 Å². The molecule has 1 heterocycles. The van der Waals surface area contributed by atoms with E-state index >= 15 is 0 Å². The Bertz CT molecular complexity index is 783. The lowest BCUT2D eigenvalue weighted by molar-refractivity contribution is 0.0886. The SMILES string of the molecule is Cc1ccc(C(=O)NCC(c2ccc(F)cc2)N2CCN(C)CC2)cc1C. The molecule has 2 aromatic rings. The van der Waals surface area contributed by atoms with Crippen molar-refractivity contribution in [2.24, 2.45) is 0 Å². The highest BCUT2D eigenvalue weighted by Gasteiger charge is 2.24. The van der Waals surface area contributed by atoms with Gasteiger partial charge in [-0.3, -0.25) is 9.69 Å². The second kappa shape index (κ2) is 8.63. The molecule has 1 aliphatic heterocycles.